The Hall–Kier alpha value is -3.24. The number of Topliss-reactive ketones (excluding diaryl/α,β-unsaturated/α-hetero) is 1. The molecule has 1 aromatic carbocycles. The van der Waals surface area contributed by atoms with Gasteiger partial charge in [0, 0.05) is 55.8 Å². The van der Waals surface area contributed by atoms with Gasteiger partial charge in [0.1, 0.15) is 0 Å². The van der Waals surface area contributed by atoms with Crippen LogP contribution in [0.3, 0.4) is 0 Å². The number of nitro benzene ring substituents is 1. The molecule has 0 N–H and O–H groups in total. The van der Waals surface area contributed by atoms with Crippen LogP contribution in [0, 0.1) is 24.0 Å². The molecule has 32 heavy (non-hydrogen) atoms. The van der Waals surface area contributed by atoms with E-state index in [2.05, 4.69) is 0 Å². The van der Waals surface area contributed by atoms with E-state index < -0.39 is 17.5 Å². The van der Waals surface area contributed by atoms with E-state index in [-0.39, 0.29) is 17.0 Å². The molecule has 0 bridgehead atoms. The van der Waals surface area contributed by atoms with Gasteiger partial charge in [-0.1, -0.05) is 0 Å². The summed E-state index contributed by atoms with van der Waals surface area (Å²) in [5.41, 5.74) is 2.50. The molecule has 0 atom stereocenters. The van der Waals surface area contributed by atoms with Crippen LogP contribution >= 0.6 is 0 Å². The molecule has 1 saturated heterocycles. The molecule has 10 nitrogen and oxygen atoms in total. The van der Waals surface area contributed by atoms with Crippen LogP contribution in [0.25, 0.3) is 0 Å². The maximum Gasteiger partial charge on any atom is 0.340 e. The van der Waals surface area contributed by atoms with Gasteiger partial charge in [0.05, 0.1) is 36.0 Å². The van der Waals surface area contributed by atoms with Crippen molar-refractivity contribution in [1.82, 2.24) is 4.57 Å². The van der Waals surface area contributed by atoms with Gasteiger partial charge in [0.25, 0.3) is 5.69 Å². The van der Waals surface area contributed by atoms with Crippen molar-refractivity contribution in [2.75, 3.05) is 51.5 Å². The minimum Gasteiger partial charge on any atom is -0.454 e. The van der Waals surface area contributed by atoms with E-state index >= 15 is 0 Å². The summed E-state index contributed by atoms with van der Waals surface area (Å²) >= 11 is 0. The molecule has 1 aliphatic heterocycles. The number of morpholine rings is 1. The Balaban J connectivity index is 1.77. The third-order valence-corrected chi connectivity index (χ3v) is 5.49. The Morgan fingerprint density at radius 2 is 1.88 bits per heavy atom. The highest BCUT2D eigenvalue weighted by Gasteiger charge is 2.24. The number of methoxy groups -OCH3 is 1. The fraction of sp³-hybridized carbons (Fsp3) is 0.455. The minimum atomic E-state index is -0.781. The zero-order valence-electron chi connectivity index (χ0n) is 18.5. The Kier molecular flexibility index (Phi) is 7.60. The smallest absolute Gasteiger partial charge is 0.340 e. The number of esters is 1. The highest BCUT2D eigenvalue weighted by Crippen LogP contribution is 2.27. The third-order valence-electron chi connectivity index (χ3n) is 5.49. The highest BCUT2D eigenvalue weighted by molar-refractivity contribution is 6.02. The second-order valence-electron chi connectivity index (χ2n) is 7.49. The fourth-order valence-corrected chi connectivity index (χ4v) is 3.78. The van der Waals surface area contributed by atoms with E-state index in [1.165, 1.54) is 18.2 Å². The molecule has 0 amide bonds. The lowest BCUT2D eigenvalue weighted by molar-refractivity contribution is -0.384. The fourth-order valence-electron chi connectivity index (χ4n) is 3.78. The molecule has 0 saturated carbocycles. The second kappa shape index (κ2) is 10.4. The topological polar surface area (TPSA) is 113 Å². The average Bonchev–Trinajstić information content (AvgIpc) is 3.09. The lowest BCUT2D eigenvalue weighted by Gasteiger charge is -2.30. The normalized spacial score (nSPS) is 13.8. The number of rotatable bonds is 9. The van der Waals surface area contributed by atoms with Crippen LogP contribution < -0.4 is 4.90 Å². The molecule has 0 spiro atoms. The number of carbonyl (C=O) groups excluding carboxylic acids is 2. The molecule has 2 aromatic rings. The van der Waals surface area contributed by atoms with Crippen molar-refractivity contribution < 1.29 is 28.7 Å². The molecule has 2 heterocycles. The lowest BCUT2D eigenvalue weighted by atomic mass is 10.1. The Labute approximate surface area is 185 Å². The molecule has 0 aliphatic carbocycles. The molecule has 1 aromatic heterocycles. The van der Waals surface area contributed by atoms with Gasteiger partial charge in [-0.25, -0.2) is 4.79 Å². The van der Waals surface area contributed by atoms with Gasteiger partial charge in [-0.05, 0) is 26.0 Å². The molecule has 0 unspecified atom stereocenters. The minimum absolute atomic E-state index is 0.0551. The van der Waals surface area contributed by atoms with Gasteiger partial charge in [0.15, 0.2) is 6.61 Å². The summed E-state index contributed by atoms with van der Waals surface area (Å²) in [4.78, 5) is 38.1. The number of anilines is 1. The molecule has 0 radical (unpaired) electrons. The number of nitro groups is 1. The number of hydrogen-bond donors (Lipinski definition) is 0. The Bertz CT molecular complexity index is 1010. The van der Waals surface area contributed by atoms with Crippen LogP contribution in [-0.4, -0.2) is 67.9 Å². The van der Waals surface area contributed by atoms with Gasteiger partial charge >= 0.3 is 5.97 Å². The third kappa shape index (κ3) is 5.14. The van der Waals surface area contributed by atoms with Crippen LogP contribution in [0.15, 0.2) is 24.3 Å². The van der Waals surface area contributed by atoms with Gasteiger partial charge in [0.2, 0.25) is 5.78 Å². The van der Waals surface area contributed by atoms with Gasteiger partial charge in [-0.2, -0.15) is 0 Å². The SMILES string of the molecule is COCCn1c(C)cc(C(=O)COC(=O)c2cc([N+](=O)[O-])ccc2N2CCOCC2)c1C. The summed E-state index contributed by atoms with van der Waals surface area (Å²) in [6.07, 6.45) is 0. The number of aromatic nitrogens is 1. The van der Waals surface area contributed by atoms with E-state index in [0.29, 0.717) is 50.7 Å². The van der Waals surface area contributed by atoms with Crippen LogP contribution in [0.1, 0.15) is 32.1 Å². The number of aryl methyl sites for hydroxylation is 1. The van der Waals surface area contributed by atoms with Gasteiger partial charge in [-0.15, -0.1) is 0 Å². The number of hydrogen-bond acceptors (Lipinski definition) is 8. The highest BCUT2D eigenvalue weighted by atomic mass is 16.6. The monoisotopic (exact) mass is 445 g/mol. The van der Waals surface area contributed by atoms with Crippen molar-refractivity contribution in [3.8, 4) is 0 Å². The maximum atomic E-state index is 12.8. The predicted molar refractivity (Wildman–Crippen MR) is 117 cm³/mol. The first kappa shape index (κ1) is 23.4. The first-order chi connectivity index (χ1) is 15.3. The van der Waals surface area contributed by atoms with Crippen molar-refractivity contribution in [1.29, 1.82) is 0 Å². The van der Waals surface area contributed by atoms with Crippen molar-refractivity contribution in [3.05, 3.63) is 56.9 Å². The van der Waals surface area contributed by atoms with E-state index in [1.54, 1.807) is 13.2 Å². The number of carbonyl (C=O) groups is 2. The van der Waals surface area contributed by atoms with E-state index in [0.717, 1.165) is 11.4 Å². The summed E-state index contributed by atoms with van der Waals surface area (Å²) in [6, 6.07) is 5.83. The van der Waals surface area contributed by atoms with Crippen molar-refractivity contribution in [3.63, 3.8) is 0 Å². The van der Waals surface area contributed by atoms with Crippen molar-refractivity contribution >= 4 is 23.1 Å². The Morgan fingerprint density at radius 1 is 1.16 bits per heavy atom. The largest absolute Gasteiger partial charge is 0.454 e. The standard InChI is InChI=1S/C22H27N3O7/c1-15-12-18(16(2)24(15)8-9-30-3)21(26)14-32-22(27)19-13-17(25(28)29)4-5-20(19)23-6-10-31-11-7-23/h4-5,12-13H,6-11,14H2,1-3H3. The summed E-state index contributed by atoms with van der Waals surface area (Å²) in [6.45, 7) is 6.45. The molecule has 172 valence electrons. The molecule has 1 aliphatic rings. The average molecular weight is 445 g/mol. The second-order valence-corrected chi connectivity index (χ2v) is 7.49. The van der Waals surface area contributed by atoms with Crippen molar-refractivity contribution in [2.24, 2.45) is 0 Å². The first-order valence-electron chi connectivity index (χ1n) is 10.3. The van der Waals surface area contributed by atoms with E-state index in [9.17, 15) is 19.7 Å². The maximum absolute atomic E-state index is 12.8. The summed E-state index contributed by atoms with van der Waals surface area (Å²) < 4.78 is 17.7. The molecule has 10 heteroatoms. The molecule has 1 fully saturated rings. The predicted octanol–water partition coefficient (Wildman–Crippen LogP) is 2.54. The molecule has 3 rings (SSSR count). The number of ether oxygens (including phenoxy) is 3. The first-order valence-corrected chi connectivity index (χ1v) is 10.3. The molecular weight excluding hydrogens is 418 g/mol. The van der Waals surface area contributed by atoms with Gasteiger partial charge < -0.3 is 23.7 Å². The van der Waals surface area contributed by atoms with Crippen LogP contribution in [-0.2, 0) is 20.8 Å². The van der Waals surface area contributed by atoms with E-state index in [4.69, 9.17) is 14.2 Å². The lowest BCUT2D eigenvalue weighted by Crippen LogP contribution is -2.37. The van der Waals surface area contributed by atoms with Crippen LogP contribution in [0.4, 0.5) is 11.4 Å². The number of ketones is 1. The summed E-state index contributed by atoms with van der Waals surface area (Å²) in [5.74, 6) is -1.12. The Morgan fingerprint density at radius 3 is 2.53 bits per heavy atom. The number of benzene rings is 1. The zero-order valence-corrected chi connectivity index (χ0v) is 18.5. The zero-order chi connectivity index (χ0) is 23.3. The van der Waals surface area contributed by atoms with Gasteiger partial charge in [-0.3, -0.25) is 14.9 Å². The number of non-ortho nitro benzene ring substituents is 1. The van der Waals surface area contributed by atoms with Crippen molar-refractivity contribution in [2.45, 2.75) is 20.4 Å². The van der Waals surface area contributed by atoms with Crippen LogP contribution in [0.2, 0.25) is 0 Å². The quantitative estimate of drug-likeness (QED) is 0.250. The van der Waals surface area contributed by atoms with E-state index in [1.807, 2.05) is 23.3 Å². The van der Waals surface area contributed by atoms with Crippen LogP contribution in [0.5, 0.6) is 0 Å². The summed E-state index contributed by atoms with van der Waals surface area (Å²) in [5, 5.41) is 11.2. The number of nitrogens with zero attached hydrogens (tertiary/aromatic N) is 3. The molecular formula is C22H27N3O7. The summed E-state index contributed by atoms with van der Waals surface area (Å²) in [7, 11) is 1.61.